The van der Waals surface area contributed by atoms with Crippen LogP contribution in [0.2, 0.25) is 0 Å². The third-order valence-corrected chi connectivity index (χ3v) is 3.79. The Bertz CT molecular complexity index is 252. The Balaban J connectivity index is 3.07. The first kappa shape index (κ1) is 20.2. The molecule has 0 aliphatic heterocycles. The molecule has 3 nitrogen and oxygen atoms in total. The Morgan fingerprint density at radius 1 is 0.667 bits per heavy atom. The van der Waals surface area contributed by atoms with Crippen molar-refractivity contribution in [3.05, 3.63) is 12.2 Å². The lowest BCUT2D eigenvalue weighted by atomic mass is 10.1. The van der Waals surface area contributed by atoms with Gasteiger partial charge in [-0.05, 0) is 45.1 Å². The lowest BCUT2D eigenvalue weighted by molar-refractivity contribution is -0.118. The van der Waals surface area contributed by atoms with Gasteiger partial charge in [0.25, 0.3) is 0 Å². The van der Waals surface area contributed by atoms with Crippen molar-refractivity contribution in [2.45, 2.75) is 89.9 Å². The zero-order chi connectivity index (χ0) is 15.6. The normalized spacial score (nSPS) is 11.3. The van der Waals surface area contributed by atoms with Gasteiger partial charge in [0.15, 0.2) is 0 Å². The Hall–Kier alpha value is -0.830. The number of unbranched alkanes of at least 4 members (excludes halogenated alkanes) is 11. The van der Waals surface area contributed by atoms with Crippen LogP contribution in [0.5, 0.6) is 0 Å². The first-order valence-electron chi connectivity index (χ1n) is 8.90. The van der Waals surface area contributed by atoms with Crippen LogP contribution < -0.4 is 11.5 Å². The molecule has 0 unspecified atom stereocenters. The summed E-state index contributed by atoms with van der Waals surface area (Å²) >= 11 is 0. The van der Waals surface area contributed by atoms with E-state index in [2.05, 4.69) is 12.2 Å². The van der Waals surface area contributed by atoms with Crippen molar-refractivity contribution in [3.63, 3.8) is 0 Å². The smallest absolute Gasteiger partial charge is 0.217 e. The number of allylic oxidation sites excluding steroid dienone is 2. The molecule has 0 saturated carbocycles. The van der Waals surface area contributed by atoms with E-state index < -0.39 is 0 Å². The highest BCUT2D eigenvalue weighted by Gasteiger charge is 1.94. The van der Waals surface area contributed by atoms with E-state index in [1.807, 2.05) is 0 Å². The van der Waals surface area contributed by atoms with Crippen molar-refractivity contribution in [1.82, 2.24) is 0 Å². The zero-order valence-electron chi connectivity index (χ0n) is 13.8. The summed E-state index contributed by atoms with van der Waals surface area (Å²) in [6.07, 6.45) is 21.4. The lowest BCUT2D eigenvalue weighted by Gasteiger charge is -1.99. The van der Waals surface area contributed by atoms with Gasteiger partial charge in [-0.3, -0.25) is 4.79 Å². The van der Waals surface area contributed by atoms with E-state index in [0.717, 1.165) is 19.4 Å². The molecule has 0 aromatic rings. The minimum atomic E-state index is -0.169. The van der Waals surface area contributed by atoms with Crippen molar-refractivity contribution in [3.8, 4) is 0 Å². The van der Waals surface area contributed by atoms with E-state index in [0.29, 0.717) is 6.42 Å². The SMILES string of the molecule is NCCCCCCCCC=CCCCCCCCC(N)=O. The van der Waals surface area contributed by atoms with Crippen LogP contribution in [0.15, 0.2) is 12.2 Å². The highest BCUT2D eigenvalue weighted by Crippen LogP contribution is 2.09. The number of carbonyl (C=O) groups is 1. The van der Waals surface area contributed by atoms with E-state index in [1.54, 1.807) is 0 Å². The molecule has 0 heterocycles. The van der Waals surface area contributed by atoms with Gasteiger partial charge in [0.2, 0.25) is 5.91 Å². The van der Waals surface area contributed by atoms with Crippen LogP contribution in [0.1, 0.15) is 89.9 Å². The zero-order valence-corrected chi connectivity index (χ0v) is 13.8. The summed E-state index contributed by atoms with van der Waals surface area (Å²) in [7, 11) is 0. The number of carbonyl (C=O) groups excluding carboxylic acids is 1. The second kappa shape index (κ2) is 17.2. The number of hydrogen-bond donors (Lipinski definition) is 2. The van der Waals surface area contributed by atoms with E-state index in [-0.39, 0.29) is 5.91 Å². The molecule has 0 atom stereocenters. The first-order chi connectivity index (χ1) is 10.3. The maximum atomic E-state index is 10.6. The molecule has 0 spiro atoms. The quantitative estimate of drug-likeness (QED) is 0.326. The Kier molecular flexibility index (Phi) is 16.5. The summed E-state index contributed by atoms with van der Waals surface area (Å²) in [6, 6.07) is 0. The van der Waals surface area contributed by atoms with Crippen molar-refractivity contribution in [2.24, 2.45) is 11.5 Å². The second-order valence-corrected chi connectivity index (χ2v) is 5.94. The topological polar surface area (TPSA) is 69.1 Å². The van der Waals surface area contributed by atoms with Crippen molar-refractivity contribution >= 4 is 5.91 Å². The van der Waals surface area contributed by atoms with E-state index >= 15 is 0 Å². The van der Waals surface area contributed by atoms with Gasteiger partial charge < -0.3 is 11.5 Å². The molecule has 0 aromatic carbocycles. The molecule has 0 saturated heterocycles. The molecule has 21 heavy (non-hydrogen) atoms. The van der Waals surface area contributed by atoms with Gasteiger partial charge in [0.05, 0.1) is 0 Å². The molecule has 0 bridgehead atoms. The van der Waals surface area contributed by atoms with Crippen molar-refractivity contribution < 1.29 is 4.79 Å². The van der Waals surface area contributed by atoms with Gasteiger partial charge in [-0.2, -0.15) is 0 Å². The highest BCUT2D eigenvalue weighted by atomic mass is 16.1. The summed E-state index contributed by atoms with van der Waals surface area (Å²) in [5.74, 6) is -0.169. The van der Waals surface area contributed by atoms with Crippen LogP contribution >= 0.6 is 0 Å². The van der Waals surface area contributed by atoms with Crippen molar-refractivity contribution in [2.75, 3.05) is 6.54 Å². The predicted octanol–water partition coefficient (Wildman–Crippen LogP) is 4.45. The van der Waals surface area contributed by atoms with Gasteiger partial charge in [-0.25, -0.2) is 0 Å². The summed E-state index contributed by atoms with van der Waals surface area (Å²) in [5, 5.41) is 0. The molecule has 0 aliphatic carbocycles. The fourth-order valence-corrected chi connectivity index (χ4v) is 2.44. The summed E-state index contributed by atoms with van der Waals surface area (Å²) < 4.78 is 0. The van der Waals surface area contributed by atoms with Crippen LogP contribution in [0.4, 0.5) is 0 Å². The molecule has 1 amide bonds. The van der Waals surface area contributed by atoms with Crippen LogP contribution in [0.3, 0.4) is 0 Å². The van der Waals surface area contributed by atoms with Gasteiger partial charge in [-0.15, -0.1) is 0 Å². The standard InChI is InChI=1S/C18H36N2O/c19-17-15-13-11-9-7-5-3-1-2-4-6-8-10-12-14-16-18(20)21/h1-2H,3-17,19H2,(H2,20,21). The first-order valence-corrected chi connectivity index (χ1v) is 8.90. The average Bonchev–Trinajstić information content (AvgIpc) is 2.46. The predicted molar refractivity (Wildman–Crippen MR) is 92.0 cm³/mol. The number of hydrogen-bond acceptors (Lipinski definition) is 2. The van der Waals surface area contributed by atoms with E-state index in [9.17, 15) is 4.79 Å². The molecule has 0 aliphatic rings. The van der Waals surface area contributed by atoms with Crippen molar-refractivity contribution in [1.29, 1.82) is 0 Å². The van der Waals surface area contributed by atoms with E-state index in [4.69, 9.17) is 11.5 Å². The Morgan fingerprint density at radius 3 is 1.57 bits per heavy atom. The molecule has 4 N–H and O–H groups in total. The summed E-state index contributed by atoms with van der Waals surface area (Å²) in [6.45, 7) is 0.841. The third kappa shape index (κ3) is 19.2. The van der Waals surface area contributed by atoms with Gasteiger partial charge in [0.1, 0.15) is 0 Å². The van der Waals surface area contributed by atoms with Gasteiger partial charge in [0, 0.05) is 6.42 Å². The molecule has 0 aromatic heterocycles. The fraction of sp³-hybridized carbons (Fsp3) is 0.833. The molecule has 3 heteroatoms. The number of nitrogens with two attached hydrogens (primary N) is 2. The lowest BCUT2D eigenvalue weighted by Crippen LogP contribution is -2.09. The van der Waals surface area contributed by atoms with Crippen LogP contribution in [-0.2, 0) is 4.79 Å². The third-order valence-electron chi connectivity index (χ3n) is 3.79. The van der Waals surface area contributed by atoms with E-state index in [1.165, 1.54) is 70.6 Å². The molecule has 0 radical (unpaired) electrons. The van der Waals surface area contributed by atoms with Crippen LogP contribution in [-0.4, -0.2) is 12.5 Å². The molecule has 0 rings (SSSR count). The number of rotatable bonds is 16. The molecule has 0 fully saturated rings. The highest BCUT2D eigenvalue weighted by molar-refractivity contribution is 5.73. The monoisotopic (exact) mass is 296 g/mol. The molecule has 124 valence electrons. The maximum Gasteiger partial charge on any atom is 0.217 e. The van der Waals surface area contributed by atoms with Crippen LogP contribution in [0.25, 0.3) is 0 Å². The molecular weight excluding hydrogens is 260 g/mol. The minimum absolute atomic E-state index is 0.169. The summed E-state index contributed by atoms with van der Waals surface area (Å²) in [5.41, 5.74) is 10.6. The molecular formula is C18H36N2O. The largest absolute Gasteiger partial charge is 0.370 e. The van der Waals surface area contributed by atoms with Gasteiger partial charge >= 0.3 is 0 Å². The maximum absolute atomic E-state index is 10.6. The number of amides is 1. The Morgan fingerprint density at radius 2 is 1.10 bits per heavy atom. The minimum Gasteiger partial charge on any atom is -0.370 e. The Labute approximate surface area is 131 Å². The number of primary amides is 1. The summed E-state index contributed by atoms with van der Waals surface area (Å²) in [4.78, 5) is 10.6. The second-order valence-electron chi connectivity index (χ2n) is 5.94. The average molecular weight is 296 g/mol. The van der Waals surface area contributed by atoms with Crippen LogP contribution in [0, 0.1) is 0 Å². The van der Waals surface area contributed by atoms with Gasteiger partial charge in [-0.1, -0.05) is 57.1 Å². The fourth-order valence-electron chi connectivity index (χ4n) is 2.44.